The van der Waals surface area contributed by atoms with E-state index in [9.17, 15) is 0 Å². The number of rotatable bonds is 3. The predicted octanol–water partition coefficient (Wildman–Crippen LogP) is 2.42. The highest BCUT2D eigenvalue weighted by atomic mass is 15.3. The van der Waals surface area contributed by atoms with E-state index in [4.69, 9.17) is 0 Å². The zero-order valence-electron chi connectivity index (χ0n) is 12.3. The van der Waals surface area contributed by atoms with Crippen molar-refractivity contribution in [3.8, 4) is 11.4 Å². The van der Waals surface area contributed by atoms with Gasteiger partial charge < -0.3 is 0 Å². The maximum atomic E-state index is 4.65. The number of nitrogens with zero attached hydrogens (tertiary/aromatic N) is 5. The molecule has 0 bridgehead atoms. The number of hydrogen-bond acceptors (Lipinski definition) is 4. The predicted molar refractivity (Wildman–Crippen MR) is 78.1 cm³/mol. The first kappa shape index (κ1) is 13.2. The van der Waals surface area contributed by atoms with Crippen LogP contribution in [0.1, 0.15) is 38.4 Å². The molecule has 0 amide bonds. The lowest BCUT2D eigenvalue weighted by atomic mass is 10.1. The third-order valence-electron chi connectivity index (χ3n) is 4.05. The summed E-state index contributed by atoms with van der Waals surface area (Å²) in [6.45, 7) is 5.65. The molecule has 1 unspecified atom stereocenters. The van der Waals surface area contributed by atoms with Gasteiger partial charge in [0.2, 0.25) is 0 Å². The zero-order chi connectivity index (χ0) is 14.1. The Kier molecular flexibility index (Phi) is 3.53. The quantitative estimate of drug-likeness (QED) is 0.860. The van der Waals surface area contributed by atoms with Crippen molar-refractivity contribution >= 4 is 0 Å². The van der Waals surface area contributed by atoms with E-state index in [0.29, 0.717) is 12.1 Å². The standard InChI is InChI=1S/C15H21N5/c1-11(2)20-8-4-5-15(20)13-10-16-12(9-17-13)14-6-7-18-19(14)3/h6-7,9-11,15H,4-5,8H2,1-3H3. The van der Waals surface area contributed by atoms with Gasteiger partial charge in [-0.3, -0.25) is 19.5 Å². The molecule has 3 rings (SSSR count). The molecule has 5 nitrogen and oxygen atoms in total. The van der Waals surface area contributed by atoms with Gasteiger partial charge in [0.1, 0.15) is 5.69 Å². The lowest BCUT2D eigenvalue weighted by Gasteiger charge is -2.27. The van der Waals surface area contributed by atoms with Crippen LogP contribution in [0, 0.1) is 0 Å². The molecule has 106 valence electrons. The third-order valence-corrected chi connectivity index (χ3v) is 4.05. The van der Waals surface area contributed by atoms with Gasteiger partial charge >= 0.3 is 0 Å². The van der Waals surface area contributed by atoms with Crippen molar-refractivity contribution in [3.05, 3.63) is 30.4 Å². The molecule has 0 aromatic carbocycles. The second-order valence-electron chi connectivity index (χ2n) is 5.66. The average Bonchev–Trinajstić information content (AvgIpc) is 3.07. The van der Waals surface area contributed by atoms with E-state index in [1.165, 1.54) is 12.8 Å². The van der Waals surface area contributed by atoms with Crippen LogP contribution >= 0.6 is 0 Å². The number of aryl methyl sites for hydroxylation is 1. The number of aromatic nitrogens is 4. The van der Waals surface area contributed by atoms with Crippen molar-refractivity contribution in [2.24, 2.45) is 7.05 Å². The molecular weight excluding hydrogens is 250 g/mol. The molecule has 1 fully saturated rings. The Morgan fingerprint density at radius 1 is 1.25 bits per heavy atom. The minimum Gasteiger partial charge on any atom is -0.292 e. The smallest absolute Gasteiger partial charge is 0.107 e. The molecular formula is C15H21N5. The molecule has 5 heteroatoms. The van der Waals surface area contributed by atoms with Gasteiger partial charge in [-0.1, -0.05) is 0 Å². The molecule has 0 radical (unpaired) electrons. The number of hydrogen-bond donors (Lipinski definition) is 0. The van der Waals surface area contributed by atoms with Crippen LogP contribution in [0.5, 0.6) is 0 Å². The van der Waals surface area contributed by atoms with Gasteiger partial charge in [0.15, 0.2) is 0 Å². The summed E-state index contributed by atoms with van der Waals surface area (Å²) in [7, 11) is 1.92. The molecule has 1 aliphatic heterocycles. The molecule has 2 aromatic rings. The van der Waals surface area contributed by atoms with Gasteiger partial charge in [-0.2, -0.15) is 5.10 Å². The van der Waals surface area contributed by atoms with E-state index in [-0.39, 0.29) is 0 Å². The molecule has 1 saturated heterocycles. The van der Waals surface area contributed by atoms with Gasteiger partial charge in [-0.05, 0) is 39.3 Å². The van der Waals surface area contributed by atoms with E-state index >= 15 is 0 Å². The van der Waals surface area contributed by atoms with Crippen LogP contribution in [0.25, 0.3) is 11.4 Å². The van der Waals surface area contributed by atoms with Crippen LogP contribution < -0.4 is 0 Å². The highest BCUT2D eigenvalue weighted by Crippen LogP contribution is 2.32. The van der Waals surface area contributed by atoms with Crippen LogP contribution in [0.2, 0.25) is 0 Å². The van der Waals surface area contributed by atoms with Crippen molar-refractivity contribution in [2.75, 3.05) is 6.54 Å². The average molecular weight is 271 g/mol. The topological polar surface area (TPSA) is 46.8 Å². The Hall–Kier alpha value is -1.75. The minimum absolute atomic E-state index is 0.420. The summed E-state index contributed by atoms with van der Waals surface area (Å²) < 4.78 is 1.82. The largest absolute Gasteiger partial charge is 0.292 e. The molecule has 3 heterocycles. The Bertz CT molecular complexity index is 572. The van der Waals surface area contributed by atoms with Crippen LogP contribution in [-0.2, 0) is 7.05 Å². The lowest BCUT2D eigenvalue weighted by molar-refractivity contribution is 0.202. The molecule has 0 saturated carbocycles. The Balaban J connectivity index is 1.85. The van der Waals surface area contributed by atoms with E-state index < -0.39 is 0 Å². The summed E-state index contributed by atoms with van der Waals surface area (Å²) in [5.74, 6) is 0. The fourth-order valence-corrected chi connectivity index (χ4v) is 2.99. The summed E-state index contributed by atoms with van der Waals surface area (Å²) in [6, 6.07) is 2.93. The van der Waals surface area contributed by atoms with E-state index in [1.54, 1.807) is 6.20 Å². The normalized spacial score (nSPS) is 19.9. The Labute approximate surface area is 119 Å². The second-order valence-corrected chi connectivity index (χ2v) is 5.66. The van der Waals surface area contributed by atoms with Gasteiger partial charge in [0, 0.05) is 19.3 Å². The molecule has 1 aliphatic rings. The fraction of sp³-hybridized carbons (Fsp3) is 0.533. The summed E-state index contributed by atoms with van der Waals surface area (Å²) >= 11 is 0. The highest BCUT2D eigenvalue weighted by molar-refractivity contribution is 5.52. The Morgan fingerprint density at radius 3 is 2.70 bits per heavy atom. The van der Waals surface area contributed by atoms with Gasteiger partial charge in [-0.25, -0.2) is 0 Å². The molecule has 0 spiro atoms. The summed E-state index contributed by atoms with van der Waals surface area (Å²) in [4.78, 5) is 11.7. The first-order valence-electron chi connectivity index (χ1n) is 7.23. The van der Waals surface area contributed by atoms with Crippen LogP contribution in [0.4, 0.5) is 0 Å². The van der Waals surface area contributed by atoms with Gasteiger partial charge in [0.25, 0.3) is 0 Å². The molecule has 1 atom stereocenters. The maximum absolute atomic E-state index is 4.65. The van der Waals surface area contributed by atoms with Crippen molar-refractivity contribution in [1.29, 1.82) is 0 Å². The van der Waals surface area contributed by atoms with Crippen LogP contribution in [0.3, 0.4) is 0 Å². The van der Waals surface area contributed by atoms with E-state index in [2.05, 4.69) is 33.8 Å². The van der Waals surface area contributed by atoms with Gasteiger partial charge in [0.05, 0.1) is 29.8 Å². The van der Waals surface area contributed by atoms with Crippen molar-refractivity contribution in [2.45, 2.75) is 38.8 Å². The lowest BCUT2D eigenvalue weighted by Crippen LogP contribution is -2.30. The van der Waals surface area contributed by atoms with Crippen molar-refractivity contribution < 1.29 is 0 Å². The maximum Gasteiger partial charge on any atom is 0.107 e. The second kappa shape index (κ2) is 5.32. The summed E-state index contributed by atoms with van der Waals surface area (Å²) in [5.41, 5.74) is 2.96. The van der Waals surface area contributed by atoms with Gasteiger partial charge in [-0.15, -0.1) is 0 Å². The summed E-state index contributed by atoms with van der Waals surface area (Å²) in [5, 5.41) is 4.17. The SMILES string of the molecule is CC(C)N1CCCC1c1cnc(-c2ccnn2C)cn1. The summed E-state index contributed by atoms with van der Waals surface area (Å²) in [6.07, 6.45) is 7.99. The highest BCUT2D eigenvalue weighted by Gasteiger charge is 2.29. The monoisotopic (exact) mass is 271 g/mol. The molecule has 0 aliphatic carbocycles. The van der Waals surface area contributed by atoms with Crippen molar-refractivity contribution in [1.82, 2.24) is 24.6 Å². The van der Waals surface area contributed by atoms with E-state index in [1.807, 2.05) is 30.2 Å². The Morgan fingerprint density at radius 2 is 2.10 bits per heavy atom. The minimum atomic E-state index is 0.420. The van der Waals surface area contributed by atoms with E-state index in [0.717, 1.165) is 23.6 Å². The molecule has 2 aromatic heterocycles. The van der Waals surface area contributed by atoms with Crippen molar-refractivity contribution in [3.63, 3.8) is 0 Å². The van der Waals surface area contributed by atoms with Crippen LogP contribution in [0.15, 0.2) is 24.7 Å². The molecule has 0 N–H and O–H groups in total. The van der Waals surface area contributed by atoms with Crippen LogP contribution in [-0.4, -0.2) is 37.2 Å². The first-order chi connectivity index (χ1) is 9.66. The number of likely N-dealkylation sites (tertiary alicyclic amines) is 1. The fourth-order valence-electron chi connectivity index (χ4n) is 2.99. The first-order valence-corrected chi connectivity index (χ1v) is 7.23. The molecule has 20 heavy (non-hydrogen) atoms. The zero-order valence-corrected chi connectivity index (χ0v) is 12.3. The third kappa shape index (κ3) is 2.33.